The van der Waals surface area contributed by atoms with Gasteiger partial charge in [0.15, 0.2) is 6.29 Å². The Morgan fingerprint density at radius 1 is 1.41 bits per heavy atom. The summed E-state index contributed by atoms with van der Waals surface area (Å²) in [6.07, 6.45) is -1.68. The first-order chi connectivity index (χ1) is 10.2. The predicted octanol–water partition coefficient (Wildman–Crippen LogP) is 2.53. The number of carbonyl (C=O) groups is 1. The molecule has 0 radical (unpaired) electrons. The van der Waals surface area contributed by atoms with Crippen LogP contribution in [0.5, 0.6) is 0 Å². The molecule has 120 valence electrons. The molecule has 1 N–H and O–H groups in total. The van der Waals surface area contributed by atoms with Crippen molar-refractivity contribution < 1.29 is 24.4 Å². The highest BCUT2D eigenvalue weighted by molar-refractivity contribution is 5.68. The number of non-ortho nitro benzene ring substituents is 1. The summed E-state index contributed by atoms with van der Waals surface area (Å²) < 4.78 is 5.23. The van der Waals surface area contributed by atoms with E-state index >= 15 is 0 Å². The standard InChI is InChI=1S/C14H18N2O6/c1-14(2,3)21-13(18)15-11(8-12(17)22-15)9-4-6-10(7-5-9)16(19)20/h4-7,11-12,17H,8H2,1-3H3/t11-,12-/m0/s1. The number of nitro groups is 1. The minimum absolute atomic E-state index is 0.0490. The van der Waals surface area contributed by atoms with Crippen LogP contribution in [0.1, 0.15) is 38.8 Å². The Morgan fingerprint density at radius 2 is 2.00 bits per heavy atom. The first kappa shape index (κ1) is 16.2. The molecule has 8 nitrogen and oxygen atoms in total. The maximum Gasteiger partial charge on any atom is 0.435 e. The molecule has 2 atom stereocenters. The van der Waals surface area contributed by atoms with E-state index in [1.54, 1.807) is 20.8 Å². The number of carbonyl (C=O) groups excluding carboxylic acids is 1. The molecule has 0 aliphatic carbocycles. The first-order valence-electron chi connectivity index (χ1n) is 6.79. The number of hydrogen-bond acceptors (Lipinski definition) is 6. The van der Waals surface area contributed by atoms with Gasteiger partial charge < -0.3 is 9.84 Å². The molecule has 8 heteroatoms. The van der Waals surface area contributed by atoms with Crippen molar-refractivity contribution in [3.8, 4) is 0 Å². The Labute approximate surface area is 127 Å². The normalized spacial score (nSPS) is 21.7. The monoisotopic (exact) mass is 310 g/mol. The summed E-state index contributed by atoms with van der Waals surface area (Å²) >= 11 is 0. The second-order valence-corrected chi connectivity index (χ2v) is 5.97. The van der Waals surface area contributed by atoms with Crippen molar-refractivity contribution in [2.24, 2.45) is 0 Å². The number of aliphatic hydroxyl groups is 1. The van der Waals surface area contributed by atoms with Gasteiger partial charge in [-0.05, 0) is 26.3 Å². The van der Waals surface area contributed by atoms with Crippen LogP contribution in [0.4, 0.5) is 10.5 Å². The fourth-order valence-electron chi connectivity index (χ4n) is 2.10. The Balaban J connectivity index is 2.20. The third kappa shape index (κ3) is 3.71. The number of hydrogen-bond donors (Lipinski definition) is 1. The molecule has 0 saturated carbocycles. The van der Waals surface area contributed by atoms with Gasteiger partial charge in [0, 0.05) is 18.6 Å². The zero-order valence-electron chi connectivity index (χ0n) is 12.6. The van der Waals surface area contributed by atoms with Crippen LogP contribution < -0.4 is 0 Å². The molecule has 1 aromatic carbocycles. The van der Waals surface area contributed by atoms with Crippen molar-refractivity contribution >= 4 is 11.8 Å². The van der Waals surface area contributed by atoms with Crippen molar-refractivity contribution in [1.82, 2.24) is 5.06 Å². The van der Waals surface area contributed by atoms with E-state index in [4.69, 9.17) is 9.57 Å². The van der Waals surface area contributed by atoms with Crippen LogP contribution >= 0.6 is 0 Å². The molecule has 0 bridgehead atoms. The minimum atomic E-state index is -1.13. The Bertz CT molecular complexity index is 566. The summed E-state index contributed by atoms with van der Waals surface area (Å²) in [6.45, 7) is 5.16. The molecule has 1 saturated heterocycles. The molecular weight excluding hydrogens is 292 g/mol. The number of benzene rings is 1. The molecule has 1 amide bonds. The van der Waals surface area contributed by atoms with Gasteiger partial charge in [0.2, 0.25) is 0 Å². The fourth-order valence-corrected chi connectivity index (χ4v) is 2.10. The van der Waals surface area contributed by atoms with Gasteiger partial charge in [0.25, 0.3) is 5.69 Å². The summed E-state index contributed by atoms with van der Waals surface area (Å²) in [5, 5.41) is 21.3. The van der Waals surface area contributed by atoms with E-state index in [2.05, 4.69) is 0 Å². The van der Waals surface area contributed by atoms with Crippen molar-refractivity contribution in [3.05, 3.63) is 39.9 Å². The maximum absolute atomic E-state index is 12.1. The number of aliphatic hydroxyl groups excluding tert-OH is 1. The van der Waals surface area contributed by atoms with Crippen LogP contribution in [-0.2, 0) is 9.57 Å². The average molecular weight is 310 g/mol. The van der Waals surface area contributed by atoms with Gasteiger partial charge in [-0.25, -0.2) is 9.63 Å². The van der Waals surface area contributed by atoms with Gasteiger partial charge in [-0.2, -0.15) is 5.06 Å². The van der Waals surface area contributed by atoms with Crippen LogP contribution in [0.3, 0.4) is 0 Å². The molecular formula is C14H18N2O6. The van der Waals surface area contributed by atoms with Crippen LogP contribution in [0, 0.1) is 10.1 Å². The largest absolute Gasteiger partial charge is 0.442 e. The molecule has 1 aromatic rings. The van der Waals surface area contributed by atoms with E-state index in [0.29, 0.717) is 5.56 Å². The van der Waals surface area contributed by atoms with Crippen LogP contribution in [0.2, 0.25) is 0 Å². The zero-order chi connectivity index (χ0) is 16.5. The molecule has 22 heavy (non-hydrogen) atoms. The van der Waals surface area contributed by atoms with Gasteiger partial charge in [0.05, 0.1) is 11.0 Å². The topological polar surface area (TPSA) is 102 Å². The van der Waals surface area contributed by atoms with Gasteiger partial charge in [-0.1, -0.05) is 12.1 Å². The van der Waals surface area contributed by atoms with Gasteiger partial charge in [-0.15, -0.1) is 0 Å². The van der Waals surface area contributed by atoms with Gasteiger partial charge >= 0.3 is 6.09 Å². The Hall–Kier alpha value is -2.19. The lowest BCUT2D eigenvalue weighted by Gasteiger charge is -2.26. The maximum atomic E-state index is 12.1. The number of nitro benzene ring substituents is 1. The lowest BCUT2D eigenvalue weighted by atomic mass is 10.0. The second kappa shape index (κ2) is 5.90. The molecule has 0 aromatic heterocycles. The summed E-state index contributed by atoms with van der Waals surface area (Å²) in [5.41, 5.74) is -0.131. The van der Waals surface area contributed by atoms with Crippen LogP contribution in [0.15, 0.2) is 24.3 Å². The minimum Gasteiger partial charge on any atom is -0.442 e. The number of rotatable bonds is 2. The predicted molar refractivity (Wildman–Crippen MR) is 75.6 cm³/mol. The van der Waals surface area contributed by atoms with Crippen molar-refractivity contribution in [2.75, 3.05) is 0 Å². The quantitative estimate of drug-likeness (QED) is 0.665. The molecule has 1 heterocycles. The number of amides is 1. The SMILES string of the molecule is CC(C)(C)OC(=O)N1O[C@H](O)C[C@H]1c1ccc([N+](=O)[O-])cc1. The van der Waals surface area contributed by atoms with Crippen LogP contribution in [-0.4, -0.2) is 33.1 Å². The van der Waals surface area contributed by atoms with Crippen molar-refractivity contribution in [1.29, 1.82) is 0 Å². The van der Waals surface area contributed by atoms with Crippen molar-refractivity contribution in [3.63, 3.8) is 0 Å². The molecule has 1 fully saturated rings. The molecule has 2 rings (SSSR count). The van der Waals surface area contributed by atoms with Gasteiger partial charge in [-0.3, -0.25) is 10.1 Å². The van der Waals surface area contributed by atoms with E-state index in [1.807, 2.05) is 0 Å². The summed E-state index contributed by atoms with van der Waals surface area (Å²) in [4.78, 5) is 27.4. The smallest absolute Gasteiger partial charge is 0.435 e. The summed E-state index contributed by atoms with van der Waals surface area (Å²) in [7, 11) is 0. The third-order valence-electron chi connectivity index (χ3n) is 3.01. The first-order valence-corrected chi connectivity index (χ1v) is 6.79. The van der Waals surface area contributed by atoms with E-state index in [-0.39, 0.29) is 12.1 Å². The fraction of sp³-hybridized carbons (Fsp3) is 0.500. The highest BCUT2D eigenvalue weighted by Crippen LogP contribution is 2.35. The molecule has 1 aliphatic heterocycles. The molecule has 0 spiro atoms. The highest BCUT2D eigenvalue weighted by Gasteiger charge is 2.39. The lowest BCUT2D eigenvalue weighted by Crippen LogP contribution is -2.36. The van der Waals surface area contributed by atoms with E-state index in [9.17, 15) is 20.0 Å². The third-order valence-corrected chi connectivity index (χ3v) is 3.01. The lowest BCUT2D eigenvalue weighted by molar-refractivity contribution is -0.384. The summed E-state index contributed by atoms with van der Waals surface area (Å²) in [6, 6.07) is 5.18. The average Bonchev–Trinajstić information content (AvgIpc) is 2.79. The Kier molecular flexibility index (Phi) is 4.34. The Morgan fingerprint density at radius 3 is 2.50 bits per heavy atom. The number of hydroxylamine groups is 2. The van der Waals surface area contributed by atoms with Gasteiger partial charge in [0.1, 0.15) is 5.60 Å². The zero-order valence-corrected chi connectivity index (χ0v) is 12.6. The summed E-state index contributed by atoms with van der Waals surface area (Å²) in [5.74, 6) is 0. The van der Waals surface area contributed by atoms with E-state index < -0.39 is 28.9 Å². The molecule has 0 unspecified atom stereocenters. The van der Waals surface area contributed by atoms with E-state index in [0.717, 1.165) is 5.06 Å². The second-order valence-electron chi connectivity index (χ2n) is 5.97. The number of ether oxygens (including phenoxy) is 1. The molecule has 1 aliphatic rings. The van der Waals surface area contributed by atoms with E-state index in [1.165, 1.54) is 24.3 Å². The highest BCUT2D eigenvalue weighted by atomic mass is 16.8. The van der Waals surface area contributed by atoms with Crippen LogP contribution in [0.25, 0.3) is 0 Å². The van der Waals surface area contributed by atoms with Crippen molar-refractivity contribution in [2.45, 2.75) is 45.1 Å². The number of nitrogens with zero attached hydrogens (tertiary/aromatic N) is 2.